The quantitative estimate of drug-likeness (QED) is 0.387. The predicted octanol–water partition coefficient (Wildman–Crippen LogP) is 5.91. The first-order valence-electron chi connectivity index (χ1n) is 10.6. The van der Waals surface area contributed by atoms with Crippen LogP contribution in [0.4, 0.5) is 0 Å². The maximum Gasteiger partial charge on any atom is 0.289 e. The lowest BCUT2D eigenvalue weighted by Gasteiger charge is -2.30. The summed E-state index contributed by atoms with van der Waals surface area (Å²) >= 11 is 12.0. The van der Waals surface area contributed by atoms with E-state index in [9.17, 15) is 9.59 Å². The van der Waals surface area contributed by atoms with Crippen molar-refractivity contribution in [3.63, 3.8) is 0 Å². The number of methoxy groups -OCH3 is 1. The Morgan fingerprint density at radius 1 is 1.00 bits per heavy atom. The summed E-state index contributed by atoms with van der Waals surface area (Å²) in [7, 11) is 1.58. The van der Waals surface area contributed by atoms with Crippen molar-refractivity contribution in [1.29, 1.82) is 0 Å². The van der Waals surface area contributed by atoms with Crippen LogP contribution in [0.2, 0.25) is 10.0 Å². The van der Waals surface area contributed by atoms with E-state index >= 15 is 0 Å². The molecule has 0 atom stereocenters. The summed E-state index contributed by atoms with van der Waals surface area (Å²) < 4.78 is 16.7. The number of carbonyl (C=O) groups is 2. The van der Waals surface area contributed by atoms with Crippen molar-refractivity contribution in [3.8, 4) is 11.5 Å². The molecule has 2 heterocycles. The Balaban J connectivity index is 1.32. The predicted molar refractivity (Wildman–Crippen MR) is 125 cm³/mol. The highest BCUT2D eigenvalue weighted by Crippen LogP contribution is 2.29. The number of ether oxygens (including phenoxy) is 2. The number of nitrogens with zero attached hydrogens (tertiary/aromatic N) is 1. The van der Waals surface area contributed by atoms with E-state index in [0.29, 0.717) is 58.8 Å². The minimum atomic E-state index is -0.195. The molecule has 1 saturated heterocycles. The highest BCUT2D eigenvalue weighted by atomic mass is 35.5. The lowest BCUT2D eigenvalue weighted by molar-refractivity contribution is 0.0621. The number of para-hydroxylation sites is 2. The van der Waals surface area contributed by atoms with Crippen molar-refractivity contribution >= 4 is 34.9 Å². The fourth-order valence-corrected chi connectivity index (χ4v) is 4.14. The SMILES string of the molecule is COc1ccccc1OCc1ccc(C(=O)N2CCC(C(=O)c3ccc(Cl)c(Cl)c3)CC2)o1. The van der Waals surface area contributed by atoms with Crippen LogP contribution >= 0.6 is 23.2 Å². The first-order chi connectivity index (χ1) is 16.0. The van der Waals surface area contributed by atoms with Crippen molar-refractivity contribution in [3.05, 3.63) is 81.7 Å². The van der Waals surface area contributed by atoms with Gasteiger partial charge in [0.25, 0.3) is 5.91 Å². The second-order valence-corrected chi connectivity index (χ2v) is 8.58. The molecule has 0 radical (unpaired) electrons. The zero-order valence-corrected chi connectivity index (χ0v) is 19.6. The van der Waals surface area contributed by atoms with E-state index in [1.54, 1.807) is 48.4 Å². The Hall–Kier alpha value is -2.96. The third-order valence-electron chi connectivity index (χ3n) is 5.67. The molecule has 6 nitrogen and oxygen atoms in total. The van der Waals surface area contributed by atoms with Crippen LogP contribution < -0.4 is 9.47 Å². The zero-order chi connectivity index (χ0) is 23.4. The molecule has 3 aromatic rings. The van der Waals surface area contributed by atoms with E-state index in [0.717, 1.165) is 0 Å². The van der Waals surface area contributed by atoms with Crippen LogP contribution in [-0.4, -0.2) is 36.8 Å². The molecule has 8 heteroatoms. The number of halogens is 2. The zero-order valence-electron chi connectivity index (χ0n) is 18.1. The van der Waals surface area contributed by atoms with Gasteiger partial charge in [-0.1, -0.05) is 35.3 Å². The molecule has 1 amide bonds. The fraction of sp³-hybridized carbons (Fsp3) is 0.280. The van der Waals surface area contributed by atoms with Gasteiger partial charge >= 0.3 is 0 Å². The van der Waals surface area contributed by atoms with Crippen molar-refractivity contribution in [2.45, 2.75) is 19.4 Å². The van der Waals surface area contributed by atoms with Crippen molar-refractivity contribution in [2.24, 2.45) is 5.92 Å². The van der Waals surface area contributed by atoms with Gasteiger partial charge in [-0.05, 0) is 55.3 Å². The van der Waals surface area contributed by atoms with Crippen LogP contribution in [0.25, 0.3) is 0 Å². The molecular formula is C25H23Cl2NO5. The van der Waals surface area contributed by atoms with Crippen LogP contribution in [0, 0.1) is 5.92 Å². The van der Waals surface area contributed by atoms with Crippen LogP contribution in [0.1, 0.15) is 39.5 Å². The number of likely N-dealkylation sites (tertiary alicyclic amines) is 1. The van der Waals surface area contributed by atoms with Crippen LogP contribution in [0.3, 0.4) is 0 Å². The van der Waals surface area contributed by atoms with Crippen LogP contribution in [-0.2, 0) is 6.61 Å². The summed E-state index contributed by atoms with van der Waals surface area (Å²) in [6, 6.07) is 15.6. The summed E-state index contributed by atoms with van der Waals surface area (Å²) in [6.45, 7) is 1.13. The van der Waals surface area contributed by atoms with Gasteiger partial charge in [-0.15, -0.1) is 0 Å². The first kappa shape index (κ1) is 23.2. The number of carbonyl (C=O) groups excluding carboxylic acids is 2. The average Bonchev–Trinajstić information content (AvgIpc) is 3.33. The number of furan rings is 1. The lowest BCUT2D eigenvalue weighted by atomic mass is 9.89. The number of ketones is 1. The minimum Gasteiger partial charge on any atom is -0.493 e. The Bertz CT molecular complexity index is 1150. The van der Waals surface area contributed by atoms with Gasteiger partial charge in [0.05, 0.1) is 17.2 Å². The Morgan fingerprint density at radius 2 is 1.73 bits per heavy atom. The molecule has 0 N–H and O–H groups in total. The molecule has 1 aliphatic rings. The molecule has 0 saturated carbocycles. The molecule has 0 unspecified atom stereocenters. The van der Waals surface area contributed by atoms with Gasteiger partial charge in [0.2, 0.25) is 0 Å². The standard InChI is InChI=1S/C25H23Cl2NO5/c1-31-21-4-2-3-5-22(21)32-15-18-7-9-23(33-18)25(30)28-12-10-16(11-13-28)24(29)17-6-8-19(26)20(27)14-17/h2-9,14,16H,10-13,15H2,1H3. The molecule has 1 aromatic heterocycles. The number of rotatable bonds is 7. The molecule has 172 valence electrons. The summed E-state index contributed by atoms with van der Waals surface area (Å²) in [5.74, 6) is 1.68. The van der Waals surface area contributed by atoms with Gasteiger partial charge in [-0.3, -0.25) is 9.59 Å². The number of Topliss-reactive ketones (excluding diaryl/α,β-unsaturated/α-hetero) is 1. The van der Waals surface area contributed by atoms with E-state index < -0.39 is 0 Å². The maximum atomic E-state index is 12.9. The smallest absolute Gasteiger partial charge is 0.289 e. The van der Waals surface area contributed by atoms with E-state index in [4.69, 9.17) is 37.1 Å². The van der Waals surface area contributed by atoms with E-state index in [1.807, 2.05) is 18.2 Å². The van der Waals surface area contributed by atoms with Crippen molar-refractivity contribution < 1.29 is 23.5 Å². The number of hydrogen-bond acceptors (Lipinski definition) is 5. The van der Waals surface area contributed by atoms with Crippen LogP contribution in [0.5, 0.6) is 11.5 Å². The average molecular weight is 488 g/mol. The first-order valence-corrected chi connectivity index (χ1v) is 11.3. The lowest BCUT2D eigenvalue weighted by Crippen LogP contribution is -2.40. The molecule has 4 rings (SSSR count). The highest BCUT2D eigenvalue weighted by Gasteiger charge is 2.29. The Labute approximate surface area is 202 Å². The molecular weight excluding hydrogens is 465 g/mol. The maximum absolute atomic E-state index is 12.9. The van der Waals surface area contributed by atoms with Crippen molar-refractivity contribution in [1.82, 2.24) is 4.90 Å². The summed E-state index contributed by atoms with van der Waals surface area (Å²) in [4.78, 5) is 27.4. The number of amides is 1. The molecule has 0 spiro atoms. The summed E-state index contributed by atoms with van der Waals surface area (Å²) in [5, 5.41) is 0.776. The van der Waals surface area contributed by atoms with E-state index in [1.165, 1.54) is 0 Å². The normalized spacial score (nSPS) is 14.2. The second-order valence-electron chi connectivity index (χ2n) is 7.77. The fourth-order valence-electron chi connectivity index (χ4n) is 3.84. The third kappa shape index (κ3) is 5.34. The number of benzene rings is 2. The van der Waals surface area contributed by atoms with E-state index in [2.05, 4.69) is 0 Å². The highest BCUT2D eigenvalue weighted by molar-refractivity contribution is 6.42. The topological polar surface area (TPSA) is 69.0 Å². The molecule has 33 heavy (non-hydrogen) atoms. The molecule has 1 fully saturated rings. The third-order valence-corrected chi connectivity index (χ3v) is 6.41. The summed E-state index contributed by atoms with van der Waals surface area (Å²) in [5.41, 5.74) is 0.542. The van der Waals surface area contributed by atoms with Gasteiger partial charge in [-0.2, -0.15) is 0 Å². The van der Waals surface area contributed by atoms with Gasteiger partial charge < -0.3 is 18.8 Å². The minimum absolute atomic E-state index is 0.0226. The monoisotopic (exact) mass is 487 g/mol. The molecule has 0 bridgehead atoms. The second kappa shape index (κ2) is 10.3. The van der Waals surface area contributed by atoms with Gasteiger partial charge in [0.15, 0.2) is 23.0 Å². The van der Waals surface area contributed by atoms with Crippen LogP contribution in [0.15, 0.2) is 59.0 Å². The summed E-state index contributed by atoms with van der Waals surface area (Å²) in [6.07, 6.45) is 1.16. The van der Waals surface area contributed by atoms with E-state index in [-0.39, 0.29) is 30.0 Å². The van der Waals surface area contributed by atoms with Gasteiger partial charge in [0.1, 0.15) is 12.4 Å². The molecule has 2 aromatic carbocycles. The Morgan fingerprint density at radius 3 is 2.42 bits per heavy atom. The van der Waals surface area contributed by atoms with Gasteiger partial charge in [0, 0.05) is 24.6 Å². The molecule has 0 aliphatic carbocycles. The molecule has 1 aliphatic heterocycles. The number of piperidine rings is 1. The Kier molecular flexibility index (Phi) is 7.26. The van der Waals surface area contributed by atoms with Crippen molar-refractivity contribution in [2.75, 3.05) is 20.2 Å². The van der Waals surface area contributed by atoms with Gasteiger partial charge in [-0.25, -0.2) is 0 Å². The number of hydrogen-bond donors (Lipinski definition) is 0. The largest absolute Gasteiger partial charge is 0.493 e.